The van der Waals surface area contributed by atoms with E-state index in [0.29, 0.717) is 23.1 Å². The molecule has 1 aromatic heterocycles. The van der Waals surface area contributed by atoms with E-state index >= 15 is 0 Å². The van der Waals surface area contributed by atoms with Crippen LogP contribution in [0.2, 0.25) is 0 Å². The lowest BCUT2D eigenvalue weighted by atomic mass is 9.97. The summed E-state index contributed by atoms with van der Waals surface area (Å²) in [7, 11) is 0. The molecular weight excluding hydrogens is 414 g/mol. The van der Waals surface area contributed by atoms with Gasteiger partial charge in [0.1, 0.15) is 11.3 Å². The van der Waals surface area contributed by atoms with Crippen LogP contribution in [0.25, 0.3) is 11.0 Å². The van der Waals surface area contributed by atoms with Crippen LogP contribution in [0.5, 0.6) is 5.75 Å². The van der Waals surface area contributed by atoms with Gasteiger partial charge >= 0.3 is 0 Å². The third kappa shape index (κ3) is 3.59. The van der Waals surface area contributed by atoms with E-state index in [9.17, 15) is 9.59 Å². The number of hydrogen-bond acceptors (Lipinski definition) is 4. The van der Waals surface area contributed by atoms with Gasteiger partial charge in [-0.2, -0.15) is 0 Å². The normalized spacial score (nSPS) is 15.2. The van der Waals surface area contributed by atoms with Gasteiger partial charge in [-0.25, -0.2) is 0 Å². The summed E-state index contributed by atoms with van der Waals surface area (Å²) in [6, 6.07) is 20.2. The third-order valence-corrected chi connectivity index (χ3v) is 5.97. The molecule has 0 spiro atoms. The molecule has 5 heteroatoms. The second-order valence-corrected chi connectivity index (χ2v) is 8.51. The Morgan fingerprint density at radius 1 is 0.939 bits per heavy atom. The van der Waals surface area contributed by atoms with Crippen molar-refractivity contribution >= 4 is 22.6 Å². The van der Waals surface area contributed by atoms with Gasteiger partial charge in [-0.1, -0.05) is 42.8 Å². The number of anilines is 1. The highest BCUT2D eigenvalue weighted by Crippen LogP contribution is 2.41. The van der Waals surface area contributed by atoms with Gasteiger partial charge in [0.05, 0.1) is 23.6 Å². The fraction of sp³-hybridized carbons (Fsp3) is 0.214. The predicted molar refractivity (Wildman–Crippen MR) is 129 cm³/mol. The maximum Gasteiger partial charge on any atom is 0.295 e. The van der Waals surface area contributed by atoms with E-state index in [1.165, 1.54) is 0 Å². The van der Waals surface area contributed by atoms with Crippen LogP contribution in [0.4, 0.5) is 5.69 Å². The van der Waals surface area contributed by atoms with Gasteiger partial charge in [0.2, 0.25) is 5.76 Å². The van der Waals surface area contributed by atoms with Crippen LogP contribution in [-0.4, -0.2) is 12.5 Å². The molecule has 5 nitrogen and oxygen atoms in total. The molecule has 5 rings (SSSR count). The first-order chi connectivity index (χ1) is 16.0. The van der Waals surface area contributed by atoms with Gasteiger partial charge in [0, 0.05) is 5.69 Å². The Labute approximate surface area is 192 Å². The largest absolute Gasteiger partial charge is 0.494 e. The second kappa shape index (κ2) is 8.24. The second-order valence-electron chi connectivity index (χ2n) is 8.51. The maximum atomic E-state index is 13.7. The molecule has 0 N–H and O–H groups in total. The molecule has 1 aliphatic heterocycles. The van der Waals surface area contributed by atoms with Crippen LogP contribution >= 0.6 is 0 Å². The summed E-state index contributed by atoms with van der Waals surface area (Å²) in [5.74, 6) is 0.550. The van der Waals surface area contributed by atoms with Crippen molar-refractivity contribution in [2.24, 2.45) is 0 Å². The Morgan fingerprint density at radius 3 is 2.42 bits per heavy atom. The predicted octanol–water partition coefficient (Wildman–Crippen LogP) is 5.95. The van der Waals surface area contributed by atoms with E-state index in [1.54, 1.807) is 11.0 Å². The Kier molecular flexibility index (Phi) is 5.25. The molecule has 0 fully saturated rings. The molecular formula is C28H25NO4. The fourth-order valence-electron chi connectivity index (χ4n) is 4.41. The number of nitrogens with zero attached hydrogens (tertiary/aromatic N) is 1. The van der Waals surface area contributed by atoms with Gasteiger partial charge in [-0.15, -0.1) is 0 Å². The van der Waals surface area contributed by atoms with E-state index in [-0.39, 0.29) is 17.1 Å². The van der Waals surface area contributed by atoms with Gasteiger partial charge in [-0.3, -0.25) is 14.5 Å². The summed E-state index contributed by atoms with van der Waals surface area (Å²) < 4.78 is 11.8. The van der Waals surface area contributed by atoms with E-state index in [2.05, 4.69) is 6.92 Å². The maximum absolute atomic E-state index is 13.7. The number of ether oxygens (including phenoxy) is 1. The van der Waals surface area contributed by atoms with Crippen molar-refractivity contribution in [3.8, 4) is 5.75 Å². The van der Waals surface area contributed by atoms with Gasteiger partial charge in [0.15, 0.2) is 5.43 Å². The van der Waals surface area contributed by atoms with Gasteiger partial charge in [-0.05, 0) is 67.8 Å². The highest BCUT2D eigenvalue weighted by atomic mass is 16.5. The monoisotopic (exact) mass is 439 g/mol. The average molecular weight is 440 g/mol. The summed E-state index contributed by atoms with van der Waals surface area (Å²) in [5, 5.41) is 0.487. The van der Waals surface area contributed by atoms with Crippen molar-refractivity contribution in [1.29, 1.82) is 0 Å². The molecule has 0 bridgehead atoms. The number of hydrogen-bond donors (Lipinski definition) is 0. The van der Waals surface area contributed by atoms with Crippen LogP contribution in [0, 0.1) is 13.8 Å². The number of carbonyl (C=O) groups is 1. The molecule has 33 heavy (non-hydrogen) atoms. The Hall–Kier alpha value is -3.86. The first kappa shape index (κ1) is 21.0. The van der Waals surface area contributed by atoms with Crippen molar-refractivity contribution in [2.75, 3.05) is 11.5 Å². The van der Waals surface area contributed by atoms with Crippen LogP contribution in [0.1, 0.15) is 52.2 Å². The van der Waals surface area contributed by atoms with Gasteiger partial charge < -0.3 is 9.15 Å². The first-order valence-electron chi connectivity index (χ1n) is 11.2. The summed E-state index contributed by atoms with van der Waals surface area (Å²) in [4.78, 5) is 29.0. The number of benzene rings is 3. The molecule has 0 radical (unpaired) electrons. The Bertz CT molecular complexity index is 1420. The summed E-state index contributed by atoms with van der Waals surface area (Å²) >= 11 is 0. The molecule has 2 heterocycles. The van der Waals surface area contributed by atoms with E-state index < -0.39 is 6.04 Å². The van der Waals surface area contributed by atoms with E-state index in [0.717, 1.165) is 34.5 Å². The summed E-state index contributed by atoms with van der Waals surface area (Å²) in [6.07, 6.45) is 0.918. The topological polar surface area (TPSA) is 59.8 Å². The lowest BCUT2D eigenvalue weighted by molar-refractivity contribution is 0.0971. The number of carbonyl (C=O) groups excluding carboxylic acids is 1. The number of fused-ring (bicyclic) bond motifs is 2. The lowest BCUT2D eigenvalue weighted by Gasteiger charge is -2.25. The number of aryl methyl sites for hydroxylation is 2. The van der Waals surface area contributed by atoms with Crippen molar-refractivity contribution in [3.63, 3.8) is 0 Å². The minimum atomic E-state index is -0.587. The first-order valence-corrected chi connectivity index (χ1v) is 11.2. The summed E-state index contributed by atoms with van der Waals surface area (Å²) in [6.45, 7) is 6.60. The van der Waals surface area contributed by atoms with E-state index in [4.69, 9.17) is 9.15 Å². The zero-order valence-electron chi connectivity index (χ0n) is 18.9. The molecule has 0 saturated carbocycles. The molecule has 0 saturated heterocycles. The van der Waals surface area contributed by atoms with Crippen LogP contribution in [-0.2, 0) is 0 Å². The average Bonchev–Trinajstić information content (AvgIpc) is 3.11. The van der Waals surface area contributed by atoms with Crippen LogP contribution in [0.15, 0.2) is 75.9 Å². The highest BCUT2D eigenvalue weighted by molar-refractivity contribution is 6.10. The van der Waals surface area contributed by atoms with Crippen molar-refractivity contribution in [1.82, 2.24) is 0 Å². The van der Waals surface area contributed by atoms with Crippen molar-refractivity contribution in [2.45, 2.75) is 33.2 Å². The highest BCUT2D eigenvalue weighted by Gasteiger charge is 2.43. The molecule has 0 aliphatic carbocycles. The van der Waals surface area contributed by atoms with Gasteiger partial charge in [0.25, 0.3) is 5.91 Å². The SMILES string of the molecule is CCCOc1ccc(C2c3c(oc4ccc(C)cc4c3=O)C(=O)N2c2cccc(C)c2)cc1. The minimum Gasteiger partial charge on any atom is -0.494 e. The van der Waals surface area contributed by atoms with E-state index in [1.807, 2.05) is 74.5 Å². The van der Waals surface area contributed by atoms with Crippen molar-refractivity contribution < 1.29 is 13.9 Å². The fourth-order valence-corrected chi connectivity index (χ4v) is 4.41. The van der Waals surface area contributed by atoms with Crippen LogP contribution < -0.4 is 15.1 Å². The zero-order chi connectivity index (χ0) is 23.1. The Balaban J connectivity index is 1.73. The molecule has 4 aromatic rings. The van der Waals surface area contributed by atoms with Crippen molar-refractivity contribution in [3.05, 3.63) is 105 Å². The molecule has 1 unspecified atom stereocenters. The minimum absolute atomic E-state index is 0.106. The Morgan fingerprint density at radius 2 is 1.70 bits per heavy atom. The molecule has 1 atom stereocenters. The zero-order valence-corrected chi connectivity index (χ0v) is 18.9. The molecule has 3 aromatic carbocycles. The van der Waals surface area contributed by atoms with Crippen LogP contribution in [0.3, 0.4) is 0 Å². The smallest absolute Gasteiger partial charge is 0.295 e. The molecule has 166 valence electrons. The molecule has 1 aliphatic rings. The molecule has 1 amide bonds. The lowest BCUT2D eigenvalue weighted by Crippen LogP contribution is -2.29. The summed E-state index contributed by atoms with van der Waals surface area (Å²) in [5.41, 5.74) is 4.17. The quantitative estimate of drug-likeness (QED) is 0.386. The standard InChI is InChI=1S/C28H25NO4/c1-4-14-32-21-11-9-19(10-12-21)25-24-26(30)22-16-18(3)8-13-23(22)33-27(24)28(31)29(25)20-7-5-6-17(2)15-20/h5-13,15-16,25H,4,14H2,1-3H3. The third-order valence-electron chi connectivity index (χ3n) is 5.97. The number of amides is 1. The number of rotatable bonds is 5.